The van der Waals surface area contributed by atoms with Crippen LogP contribution in [-0.2, 0) is 6.42 Å². The van der Waals surface area contributed by atoms with E-state index >= 15 is 0 Å². The summed E-state index contributed by atoms with van der Waals surface area (Å²) in [6.07, 6.45) is 4.02. The molecule has 1 unspecified atom stereocenters. The Hall–Kier alpha value is -1.97. The number of aromatic nitrogens is 2. The Morgan fingerprint density at radius 3 is 2.86 bits per heavy atom. The monoisotopic (exact) mass is 297 g/mol. The van der Waals surface area contributed by atoms with Gasteiger partial charge in [-0.1, -0.05) is 29.8 Å². The van der Waals surface area contributed by atoms with Crippen LogP contribution in [0.5, 0.6) is 0 Å². The topological polar surface area (TPSA) is 51.8 Å². The second kappa shape index (κ2) is 5.80. The number of halogens is 1. The summed E-state index contributed by atoms with van der Waals surface area (Å²) in [7, 11) is 0. The van der Waals surface area contributed by atoms with E-state index in [2.05, 4.69) is 29.0 Å². The lowest BCUT2D eigenvalue weighted by Gasteiger charge is -2.14. The Morgan fingerprint density at radius 1 is 1.24 bits per heavy atom. The molecule has 4 heteroatoms. The average molecular weight is 298 g/mol. The zero-order valence-electron chi connectivity index (χ0n) is 11.8. The summed E-state index contributed by atoms with van der Waals surface area (Å²) in [6.45, 7) is 2.08. The molecule has 2 aromatic heterocycles. The number of nitrogens with two attached hydrogens (primary N) is 1. The molecular formula is C17H16ClN3. The number of hydrogen-bond donors (Lipinski definition) is 1. The van der Waals surface area contributed by atoms with Crippen molar-refractivity contribution in [1.82, 2.24) is 9.97 Å². The highest BCUT2D eigenvalue weighted by Crippen LogP contribution is 2.24. The summed E-state index contributed by atoms with van der Waals surface area (Å²) in [5, 5.41) is 1.81. The normalized spacial score (nSPS) is 12.5. The zero-order valence-corrected chi connectivity index (χ0v) is 12.5. The molecule has 3 aromatic rings. The molecule has 0 spiro atoms. The lowest BCUT2D eigenvalue weighted by Crippen LogP contribution is -2.15. The molecule has 0 fully saturated rings. The Labute approximate surface area is 128 Å². The van der Waals surface area contributed by atoms with Crippen molar-refractivity contribution in [2.24, 2.45) is 5.73 Å². The maximum Gasteiger partial charge on any atom is 0.0708 e. The van der Waals surface area contributed by atoms with Crippen LogP contribution in [0.3, 0.4) is 0 Å². The summed E-state index contributed by atoms with van der Waals surface area (Å²) in [5.74, 6) is 0. The second-order valence-corrected chi connectivity index (χ2v) is 5.57. The molecule has 0 amide bonds. The lowest BCUT2D eigenvalue weighted by atomic mass is 10.0. The van der Waals surface area contributed by atoms with Crippen LogP contribution in [0.15, 0.2) is 48.8 Å². The van der Waals surface area contributed by atoms with Gasteiger partial charge in [-0.2, -0.15) is 0 Å². The molecule has 21 heavy (non-hydrogen) atoms. The van der Waals surface area contributed by atoms with Gasteiger partial charge in [-0.3, -0.25) is 9.97 Å². The number of aryl methyl sites for hydroxylation is 1. The predicted molar refractivity (Wildman–Crippen MR) is 86.4 cm³/mol. The quantitative estimate of drug-likeness (QED) is 0.799. The van der Waals surface area contributed by atoms with Crippen LogP contribution in [0.4, 0.5) is 0 Å². The van der Waals surface area contributed by atoms with E-state index in [9.17, 15) is 0 Å². The van der Waals surface area contributed by atoms with Gasteiger partial charge in [0, 0.05) is 17.8 Å². The molecule has 3 rings (SSSR count). The highest BCUT2D eigenvalue weighted by atomic mass is 35.5. The van der Waals surface area contributed by atoms with Crippen molar-refractivity contribution in [3.63, 3.8) is 0 Å². The summed E-state index contributed by atoms with van der Waals surface area (Å²) in [5.41, 5.74) is 10.4. The van der Waals surface area contributed by atoms with Crippen molar-refractivity contribution in [3.05, 3.63) is 70.6 Å². The SMILES string of the molecule is Cc1cc(C(N)Cc2ccncc2Cl)nc2ccccc12. The zero-order chi connectivity index (χ0) is 14.8. The fraction of sp³-hybridized carbons (Fsp3) is 0.176. The average Bonchev–Trinajstić information content (AvgIpc) is 2.49. The molecule has 3 nitrogen and oxygen atoms in total. The van der Waals surface area contributed by atoms with Crippen LogP contribution in [0.2, 0.25) is 5.02 Å². The van der Waals surface area contributed by atoms with Gasteiger partial charge in [-0.05, 0) is 42.7 Å². The molecule has 0 saturated carbocycles. The molecule has 0 saturated heterocycles. The molecule has 2 heterocycles. The van der Waals surface area contributed by atoms with Gasteiger partial charge in [0.2, 0.25) is 0 Å². The van der Waals surface area contributed by atoms with Crippen molar-refractivity contribution in [2.45, 2.75) is 19.4 Å². The summed E-state index contributed by atoms with van der Waals surface area (Å²) in [4.78, 5) is 8.67. The number of pyridine rings is 2. The van der Waals surface area contributed by atoms with E-state index in [1.807, 2.05) is 24.3 Å². The highest BCUT2D eigenvalue weighted by Gasteiger charge is 2.12. The molecule has 0 aliphatic carbocycles. The van der Waals surface area contributed by atoms with Gasteiger partial charge in [0.25, 0.3) is 0 Å². The summed E-state index contributed by atoms with van der Waals surface area (Å²) >= 11 is 6.14. The maximum absolute atomic E-state index is 6.31. The predicted octanol–water partition coefficient (Wildman–Crippen LogP) is 3.83. The highest BCUT2D eigenvalue weighted by molar-refractivity contribution is 6.31. The molecule has 0 radical (unpaired) electrons. The Morgan fingerprint density at radius 2 is 2.05 bits per heavy atom. The van der Waals surface area contributed by atoms with E-state index in [0.29, 0.717) is 11.4 Å². The van der Waals surface area contributed by atoms with Crippen LogP contribution < -0.4 is 5.73 Å². The second-order valence-electron chi connectivity index (χ2n) is 5.16. The van der Waals surface area contributed by atoms with E-state index in [-0.39, 0.29) is 6.04 Å². The van der Waals surface area contributed by atoms with Crippen molar-refractivity contribution < 1.29 is 0 Å². The Bertz CT molecular complexity index is 786. The van der Waals surface area contributed by atoms with Crippen LogP contribution in [0.1, 0.15) is 22.9 Å². The largest absolute Gasteiger partial charge is 0.322 e. The standard InChI is InChI=1S/C17H16ClN3/c1-11-8-17(21-16-5-3-2-4-13(11)16)15(19)9-12-6-7-20-10-14(12)18/h2-8,10,15H,9,19H2,1H3. The first kappa shape index (κ1) is 14.0. The van der Waals surface area contributed by atoms with Crippen molar-refractivity contribution >= 4 is 22.5 Å². The number of nitrogens with zero attached hydrogens (tertiary/aromatic N) is 2. The third-order valence-electron chi connectivity index (χ3n) is 3.62. The molecule has 0 aliphatic rings. The van der Waals surface area contributed by atoms with Gasteiger partial charge in [0.05, 0.1) is 22.3 Å². The van der Waals surface area contributed by atoms with E-state index in [1.54, 1.807) is 12.4 Å². The summed E-state index contributed by atoms with van der Waals surface area (Å²) < 4.78 is 0. The van der Waals surface area contributed by atoms with Crippen LogP contribution in [-0.4, -0.2) is 9.97 Å². The number of para-hydroxylation sites is 1. The Balaban J connectivity index is 1.95. The molecular weight excluding hydrogens is 282 g/mol. The van der Waals surface area contributed by atoms with E-state index in [4.69, 9.17) is 17.3 Å². The van der Waals surface area contributed by atoms with Gasteiger partial charge in [-0.25, -0.2) is 0 Å². The summed E-state index contributed by atoms with van der Waals surface area (Å²) in [6, 6.07) is 11.9. The molecule has 2 N–H and O–H groups in total. The first-order valence-corrected chi connectivity index (χ1v) is 7.23. The Kier molecular flexibility index (Phi) is 3.86. The number of fused-ring (bicyclic) bond motifs is 1. The molecule has 106 valence electrons. The van der Waals surface area contributed by atoms with Crippen molar-refractivity contribution in [2.75, 3.05) is 0 Å². The van der Waals surface area contributed by atoms with Crippen molar-refractivity contribution in [3.8, 4) is 0 Å². The van der Waals surface area contributed by atoms with E-state index in [1.165, 1.54) is 5.56 Å². The van der Waals surface area contributed by atoms with E-state index < -0.39 is 0 Å². The maximum atomic E-state index is 6.31. The van der Waals surface area contributed by atoms with Gasteiger partial charge in [0.15, 0.2) is 0 Å². The van der Waals surface area contributed by atoms with Crippen LogP contribution >= 0.6 is 11.6 Å². The van der Waals surface area contributed by atoms with Gasteiger partial charge in [-0.15, -0.1) is 0 Å². The third kappa shape index (κ3) is 2.89. The van der Waals surface area contributed by atoms with Crippen molar-refractivity contribution in [1.29, 1.82) is 0 Å². The molecule has 0 bridgehead atoms. The third-order valence-corrected chi connectivity index (χ3v) is 3.96. The van der Waals surface area contributed by atoms with Gasteiger partial charge < -0.3 is 5.73 Å². The number of rotatable bonds is 3. The molecule has 1 aromatic carbocycles. The fourth-order valence-electron chi connectivity index (χ4n) is 2.48. The van der Waals surface area contributed by atoms with Crippen LogP contribution in [0.25, 0.3) is 10.9 Å². The lowest BCUT2D eigenvalue weighted by molar-refractivity contribution is 0.699. The first-order valence-electron chi connectivity index (χ1n) is 6.85. The minimum atomic E-state index is -0.187. The molecule has 0 aliphatic heterocycles. The smallest absolute Gasteiger partial charge is 0.0708 e. The number of hydrogen-bond acceptors (Lipinski definition) is 3. The first-order chi connectivity index (χ1) is 10.1. The van der Waals surface area contributed by atoms with Crippen LogP contribution in [0, 0.1) is 6.92 Å². The van der Waals surface area contributed by atoms with Gasteiger partial charge >= 0.3 is 0 Å². The van der Waals surface area contributed by atoms with Gasteiger partial charge in [0.1, 0.15) is 0 Å². The molecule has 1 atom stereocenters. The fourth-order valence-corrected chi connectivity index (χ4v) is 2.67. The minimum absolute atomic E-state index is 0.187. The number of benzene rings is 1. The van der Waals surface area contributed by atoms with E-state index in [0.717, 1.165) is 22.2 Å². The minimum Gasteiger partial charge on any atom is -0.322 e.